The van der Waals surface area contributed by atoms with Crippen LogP contribution in [0.2, 0.25) is 0 Å². The molecule has 0 unspecified atom stereocenters. The van der Waals surface area contributed by atoms with Crippen LogP contribution in [-0.2, 0) is 11.3 Å². The number of carbonyl (C=O) groups excluding carboxylic acids is 1. The number of benzene rings is 2. The SMILES string of the molecule is CCOc1ccccc1C(=O)OCc1csc(-c2ccc(OC)c(OC)c2)n1. The van der Waals surface area contributed by atoms with E-state index < -0.39 is 5.97 Å². The molecule has 0 saturated heterocycles. The number of para-hydroxylation sites is 1. The minimum absolute atomic E-state index is 0.0864. The van der Waals surface area contributed by atoms with Gasteiger partial charge in [0.25, 0.3) is 0 Å². The summed E-state index contributed by atoms with van der Waals surface area (Å²) in [6.07, 6.45) is 0. The number of ether oxygens (including phenoxy) is 4. The van der Waals surface area contributed by atoms with Gasteiger partial charge in [0.05, 0.1) is 26.5 Å². The Bertz CT molecular complexity index is 953. The van der Waals surface area contributed by atoms with Crippen molar-refractivity contribution in [3.8, 4) is 27.8 Å². The first kappa shape index (κ1) is 19.7. The van der Waals surface area contributed by atoms with Gasteiger partial charge in [0, 0.05) is 10.9 Å². The third kappa shape index (κ3) is 4.43. The largest absolute Gasteiger partial charge is 0.493 e. The van der Waals surface area contributed by atoms with Gasteiger partial charge in [-0.05, 0) is 37.3 Å². The van der Waals surface area contributed by atoms with Crippen molar-refractivity contribution in [3.63, 3.8) is 0 Å². The number of thiazole rings is 1. The number of hydrogen-bond acceptors (Lipinski definition) is 7. The predicted octanol–water partition coefficient (Wildman–Crippen LogP) is 4.58. The van der Waals surface area contributed by atoms with Crippen LogP contribution in [0.1, 0.15) is 23.0 Å². The summed E-state index contributed by atoms with van der Waals surface area (Å²) in [6.45, 7) is 2.43. The number of methoxy groups -OCH3 is 2. The number of esters is 1. The van der Waals surface area contributed by atoms with Gasteiger partial charge in [-0.3, -0.25) is 0 Å². The van der Waals surface area contributed by atoms with Crippen molar-refractivity contribution in [1.82, 2.24) is 4.98 Å². The lowest BCUT2D eigenvalue weighted by Gasteiger charge is -2.09. The topological polar surface area (TPSA) is 66.9 Å². The average Bonchev–Trinajstić information content (AvgIpc) is 3.21. The van der Waals surface area contributed by atoms with Gasteiger partial charge in [-0.15, -0.1) is 11.3 Å². The maximum Gasteiger partial charge on any atom is 0.342 e. The smallest absolute Gasteiger partial charge is 0.342 e. The van der Waals surface area contributed by atoms with Gasteiger partial charge in [0.15, 0.2) is 11.5 Å². The Morgan fingerprint density at radius 2 is 1.82 bits per heavy atom. The summed E-state index contributed by atoms with van der Waals surface area (Å²) in [4.78, 5) is 16.9. The van der Waals surface area contributed by atoms with Crippen molar-refractivity contribution >= 4 is 17.3 Å². The second-order valence-electron chi connectivity index (χ2n) is 5.72. The Kier molecular flexibility index (Phi) is 6.49. The van der Waals surface area contributed by atoms with E-state index >= 15 is 0 Å². The van der Waals surface area contributed by atoms with Crippen LogP contribution in [0.5, 0.6) is 17.2 Å². The van der Waals surface area contributed by atoms with Gasteiger partial charge in [-0.1, -0.05) is 12.1 Å². The third-order valence-corrected chi connectivity index (χ3v) is 4.88. The summed E-state index contributed by atoms with van der Waals surface area (Å²) in [5, 5.41) is 2.68. The normalized spacial score (nSPS) is 10.4. The van der Waals surface area contributed by atoms with Crippen LogP contribution >= 0.6 is 11.3 Å². The first-order valence-electron chi connectivity index (χ1n) is 8.72. The van der Waals surface area contributed by atoms with E-state index in [1.165, 1.54) is 11.3 Å². The van der Waals surface area contributed by atoms with E-state index in [4.69, 9.17) is 18.9 Å². The molecule has 0 bridgehead atoms. The number of nitrogens with zero attached hydrogens (tertiary/aromatic N) is 1. The van der Waals surface area contributed by atoms with Gasteiger partial charge in [0.2, 0.25) is 0 Å². The van der Waals surface area contributed by atoms with Crippen LogP contribution < -0.4 is 14.2 Å². The Morgan fingerprint density at radius 3 is 2.57 bits per heavy atom. The van der Waals surface area contributed by atoms with Crippen LogP contribution in [0, 0.1) is 0 Å². The summed E-state index contributed by atoms with van der Waals surface area (Å²) in [6, 6.07) is 12.6. The molecule has 0 atom stereocenters. The molecule has 0 saturated carbocycles. The van der Waals surface area contributed by atoms with E-state index in [0.717, 1.165) is 10.6 Å². The van der Waals surface area contributed by atoms with Crippen LogP contribution in [-0.4, -0.2) is 31.8 Å². The molecule has 1 heterocycles. The molecular weight excluding hydrogens is 378 g/mol. The van der Waals surface area contributed by atoms with Crippen molar-refractivity contribution in [3.05, 3.63) is 59.1 Å². The average molecular weight is 399 g/mol. The van der Waals surface area contributed by atoms with E-state index in [2.05, 4.69) is 4.98 Å². The first-order chi connectivity index (χ1) is 13.7. The fraction of sp³-hybridized carbons (Fsp3) is 0.238. The van der Waals surface area contributed by atoms with Crippen molar-refractivity contribution in [2.24, 2.45) is 0 Å². The Hall–Kier alpha value is -3.06. The monoisotopic (exact) mass is 399 g/mol. The molecule has 0 aliphatic heterocycles. The molecular formula is C21H21NO5S. The van der Waals surface area contributed by atoms with Crippen LogP contribution in [0.4, 0.5) is 0 Å². The quantitative estimate of drug-likeness (QED) is 0.517. The Labute approximate surface area is 167 Å². The highest BCUT2D eigenvalue weighted by Gasteiger charge is 2.15. The van der Waals surface area contributed by atoms with E-state index in [9.17, 15) is 4.79 Å². The number of carbonyl (C=O) groups is 1. The zero-order valence-electron chi connectivity index (χ0n) is 15.9. The van der Waals surface area contributed by atoms with Crippen molar-refractivity contribution in [2.45, 2.75) is 13.5 Å². The molecule has 0 N–H and O–H groups in total. The lowest BCUT2D eigenvalue weighted by Crippen LogP contribution is -2.08. The summed E-state index contributed by atoms with van der Waals surface area (Å²) >= 11 is 1.47. The maximum absolute atomic E-state index is 12.4. The van der Waals surface area contributed by atoms with Gasteiger partial charge in [-0.25, -0.2) is 9.78 Å². The highest BCUT2D eigenvalue weighted by molar-refractivity contribution is 7.13. The second-order valence-corrected chi connectivity index (χ2v) is 6.58. The highest BCUT2D eigenvalue weighted by atomic mass is 32.1. The molecule has 3 aromatic rings. The van der Waals surface area contributed by atoms with Crippen molar-refractivity contribution in [2.75, 3.05) is 20.8 Å². The number of hydrogen-bond donors (Lipinski definition) is 0. The van der Waals surface area contributed by atoms with E-state index in [0.29, 0.717) is 35.1 Å². The molecule has 1 aromatic heterocycles. The predicted molar refractivity (Wildman–Crippen MR) is 107 cm³/mol. The van der Waals surface area contributed by atoms with Crippen LogP contribution in [0.25, 0.3) is 10.6 Å². The molecule has 146 valence electrons. The highest BCUT2D eigenvalue weighted by Crippen LogP contribution is 2.33. The zero-order chi connectivity index (χ0) is 19.9. The molecule has 0 aliphatic carbocycles. The third-order valence-electron chi connectivity index (χ3n) is 3.94. The first-order valence-corrected chi connectivity index (χ1v) is 9.60. The Balaban J connectivity index is 1.69. The van der Waals surface area contributed by atoms with Gasteiger partial charge in [-0.2, -0.15) is 0 Å². The minimum atomic E-state index is -0.440. The van der Waals surface area contributed by atoms with Gasteiger partial charge in [0.1, 0.15) is 22.9 Å². The van der Waals surface area contributed by atoms with Gasteiger partial charge < -0.3 is 18.9 Å². The molecule has 3 rings (SSSR count). The Morgan fingerprint density at radius 1 is 1.04 bits per heavy atom. The number of rotatable bonds is 8. The fourth-order valence-corrected chi connectivity index (χ4v) is 3.41. The molecule has 2 aromatic carbocycles. The fourth-order valence-electron chi connectivity index (χ4n) is 2.61. The maximum atomic E-state index is 12.4. The summed E-state index contributed by atoms with van der Waals surface area (Å²) < 4.78 is 21.5. The molecule has 28 heavy (non-hydrogen) atoms. The van der Waals surface area contributed by atoms with E-state index in [1.54, 1.807) is 32.4 Å². The molecule has 0 amide bonds. The molecule has 0 spiro atoms. The lowest BCUT2D eigenvalue weighted by molar-refractivity contribution is 0.0464. The molecule has 0 fully saturated rings. The zero-order valence-corrected chi connectivity index (χ0v) is 16.7. The summed E-state index contributed by atoms with van der Waals surface area (Å²) in [7, 11) is 3.19. The van der Waals surface area contributed by atoms with E-state index in [1.807, 2.05) is 36.6 Å². The lowest BCUT2D eigenvalue weighted by atomic mass is 10.2. The van der Waals surface area contributed by atoms with Gasteiger partial charge >= 0.3 is 5.97 Å². The van der Waals surface area contributed by atoms with Crippen molar-refractivity contribution in [1.29, 1.82) is 0 Å². The minimum Gasteiger partial charge on any atom is -0.493 e. The summed E-state index contributed by atoms with van der Waals surface area (Å²) in [5.74, 6) is 1.37. The van der Waals surface area contributed by atoms with Crippen LogP contribution in [0.15, 0.2) is 47.8 Å². The van der Waals surface area contributed by atoms with Crippen LogP contribution in [0.3, 0.4) is 0 Å². The molecule has 7 heteroatoms. The molecule has 6 nitrogen and oxygen atoms in total. The van der Waals surface area contributed by atoms with Crippen molar-refractivity contribution < 1.29 is 23.7 Å². The molecule has 0 aliphatic rings. The van der Waals surface area contributed by atoms with E-state index in [-0.39, 0.29) is 6.61 Å². The standard InChI is InChI=1S/C21H21NO5S/c1-4-26-17-8-6-5-7-16(17)21(23)27-12-15-13-28-20(22-15)14-9-10-18(24-2)19(11-14)25-3/h5-11,13H,4,12H2,1-3H3. The number of aromatic nitrogens is 1. The molecule has 0 radical (unpaired) electrons. The second kappa shape index (κ2) is 9.23. The summed E-state index contributed by atoms with van der Waals surface area (Å²) in [5.41, 5.74) is 1.98.